The highest BCUT2D eigenvalue weighted by atomic mass is 16.3. The number of phenols is 1. The van der Waals surface area contributed by atoms with E-state index in [9.17, 15) is 5.11 Å². The first-order valence-corrected chi connectivity index (χ1v) is 6.53. The summed E-state index contributed by atoms with van der Waals surface area (Å²) >= 11 is 0. The minimum Gasteiger partial charge on any atom is -0.508 e. The predicted octanol–water partition coefficient (Wildman–Crippen LogP) is 4.80. The smallest absolute Gasteiger partial charge is 0.118 e. The molecule has 0 aliphatic carbocycles. The standard InChI is InChI=1S/C18H15NO/c20-18-12-15(14-7-3-1-4-8-14)11-17(13-18)19-16-9-5-2-6-10-16/h1-13,19-20H. The van der Waals surface area contributed by atoms with E-state index in [4.69, 9.17) is 0 Å². The number of rotatable bonds is 3. The molecule has 3 aromatic rings. The van der Waals surface area contributed by atoms with E-state index in [0.29, 0.717) is 0 Å². The SMILES string of the molecule is Oc1cc(Nc2ccccc2)cc(-c2ccccc2)c1. The lowest BCUT2D eigenvalue weighted by atomic mass is 10.0. The molecule has 0 spiro atoms. The largest absolute Gasteiger partial charge is 0.508 e. The van der Waals surface area contributed by atoms with Crippen molar-refractivity contribution in [1.82, 2.24) is 0 Å². The fourth-order valence-corrected chi connectivity index (χ4v) is 2.17. The zero-order chi connectivity index (χ0) is 13.8. The van der Waals surface area contributed by atoms with Gasteiger partial charge in [0.1, 0.15) is 5.75 Å². The topological polar surface area (TPSA) is 32.3 Å². The number of nitrogens with one attached hydrogen (secondary N) is 1. The van der Waals surface area contributed by atoms with Gasteiger partial charge in [0.05, 0.1) is 0 Å². The van der Waals surface area contributed by atoms with Gasteiger partial charge >= 0.3 is 0 Å². The van der Waals surface area contributed by atoms with Crippen LogP contribution in [-0.2, 0) is 0 Å². The molecule has 0 fully saturated rings. The van der Waals surface area contributed by atoms with Crippen LogP contribution in [0.1, 0.15) is 0 Å². The summed E-state index contributed by atoms with van der Waals surface area (Å²) in [5.41, 5.74) is 3.94. The zero-order valence-corrected chi connectivity index (χ0v) is 11.0. The number of para-hydroxylation sites is 1. The molecule has 2 N–H and O–H groups in total. The normalized spacial score (nSPS) is 10.2. The summed E-state index contributed by atoms with van der Waals surface area (Å²) in [6.45, 7) is 0. The molecule has 3 aromatic carbocycles. The first-order valence-electron chi connectivity index (χ1n) is 6.53. The zero-order valence-electron chi connectivity index (χ0n) is 11.0. The number of hydrogen-bond donors (Lipinski definition) is 2. The van der Waals surface area contributed by atoms with Crippen molar-refractivity contribution in [1.29, 1.82) is 0 Å². The van der Waals surface area contributed by atoms with Gasteiger partial charge in [-0.25, -0.2) is 0 Å². The lowest BCUT2D eigenvalue weighted by Gasteiger charge is -2.10. The van der Waals surface area contributed by atoms with Gasteiger partial charge in [0.15, 0.2) is 0 Å². The molecule has 0 aliphatic rings. The third-order valence-electron chi connectivity index (χ3n) is 3.09. The van der Waals surface area contributed by atoms with Crippen LogP contribution in [0.2, 0.25) is 0 Å². The first kappa shape index (κ1) is 12.3. The molecule has 2 heteroatoms. The maximum absolute atomic E-state index is 9.89. The van der Waals surface area contributed by atoms with Gasteiger partial charge in [0.2, 0.25) is 0 Å². The lowest BCUT2D eigenvalue weighted by molar-refractivity contribution is 0.476. The second-order valence-electron chi connectivity index (χ2n) is 4.63. The van der Waals surface area contributed by atoms with Crippen LogP contribution in [0.5, 0.6) is 5.75 Å². The number of anilines is 2. The average molecular weight is 261 g/mol. The third kappa shape index (κ3) is 2.81. The van der Waals surface area contributed by atoms with Crippen LogP contribution in [-0.4, -0.2) is 5.11 Å². The van der Waals surface area contributed by atoms with Crippen molar-refractivity contribution in [3.8, 4) is 16.9 Å². The molecule has 20 heavy (non-hydrogen) atoms. The van der Waals surface area contributed by atoms with Gasteiger partial charge in [-0.2, -0.15) is 0 Å². The highest BCUT2D eigenvalue weighted by Gasteiger charge is 2.03. The Morgan fingerprint density at radius 3 is 1.95 bits per heavy atom. The molecule has 0 bridgehead atoms. The van der Waals surface area contributed by atoms with Crippen LogP contribution in [0.25, 0.3) is 11.1 Å². The van der Waals surface area contributed by atoms with Crippen molar-refractivity contribution in [3.63, 3.8) is 0 Å². The number of aromatic hydroxyl groups is 1. The van der Waals surface area contributed by atoms with E-state index in [1.54, 1.807) is 12.1 Å². The quantitative estimate of drug-likeness (QED) is 0.709. The van der Waals surface area contributed by atoms with Gasteiger partial charge in [-0.3, -0.25) is 0 Å². The Morgan fingerprint density at radius 2 is 1.25 bits per heavy atom. The second-order valence-corrected chi connectivity index (χ2v) is 4.63. The Morgan fingerprint density at radius 1 is 0.600 bits per heavy atom. The van der Waals surface area contributed by atoms with Crippen molar-refractivity contribution in [2.24, 2.45) is 0 Å². The van der Waals surface area contributed by atoms with Gasteiger partial charge in [0, 0.05) is 17.4 Å². The van der Waals surface area contributed by atoms with Gasteiger partial charge in [0.25, 0.3) is 0 Å². The van der Waals surface area contributed by atoms with E-state index in [2.05, 4.69) is 5.32 Å². The minimum atomic E-state index is 0.254. The number of phenolic OH excluding ortho intramolecular Hbond substituents is 1. The van der Waals surface area contributed by atoms with Gasteiger partial charge in [-0.1, -0.05) is 48.5 Å². The molecule has 0 aliphatic heterocycles. The van der Waals surface area contributed by atoms with E-state index < -0.39 is 0 Å². The molecule has 0 radical (unpaired) electrons. The van der Waals surface area contributed by atoms with Crippen LogP contribution in [0.15, 0.2) is 78.9 Å². The Hall–Kier alpha value is -2.74. The van der Waals surface area contributed by atoms with Crippen molar-refractivity contribution < 1.29 is 5.11 Å². The molecule has 0 heterocycles. The summed E-state index contributed by atoms with van der Waals surface area (Å²) in [7, 11) is 0. The average Bonchev–Trinajstić information content (AvgIpc) is 2.49. The Kier molecular flexibility index (Phi) is 3.38. The fourth-order valence-electron chi connectivity index (χ4n) is 2.17. The van der Waals surface area contributed by atoms with Crippen molar-refractivity contribution in [3.05, 3.63) is 78.9 Å². The molecule has 2 nitrogen and oxygen atoms in total. The highest BCUT2D eigenvalue weighted by molar-refractivity contribution is 5.72. The maximum Gasteiger partial charge on any atom is 0.118 e. The van der Waals surface area contributed by atoms with Crippen molar-refractivity contribution in [2.75, 3.05) is 5.32 Å². The van der Waals surface area contributed by atoms with Crippen LogP contribution in [0.3, 0.4) is 0 Å². The summed E-state index contributed by atoms with van der Waals surface area (Å²) in [4.78, 5) is 0. The monoisotopic (exact) mass is 261 g/mol. The van der Waals surface area contributed by atoms with E-state index in [1.165, 1.54) is 0 Å². The Labute approximate surface area is 118 Å². The van der Waals surface area contributed by atoms with Crippen molar-refractivity contribution >= 4 is 11.4 Å². The fraction of sp³-hybridized carbons (Fsp3) is 0. The Bertz CT molecular complexity index is 693. The molecule has 0 aromatic heterocycles. The third-order valence-corrected chi connectivity index (χ3v) is 3.09. The first-order chi connectivity index (χ1) is 9.81. The molecule has 0 saturated carbocycles. The van der Waals surface area contributed by atoms with Crippen LogP contribution >= 0.6 is 0 Å². The summed E-state index contributed by atoms with van der Waals surface area (Å²) < 4.78 is 0. The lowest BCUT2D eigenvalue weighted by Crippen LogP contribution is -1.90. The molecule has 0 unspecified atom stereocenters. The number of hydrogen-bond acceptors (Lipinski definition) is 2. The highest BCUT2D eigenvalue weighted by Crippen LogP contribution is 2.29. The van der Waals surface area contributed by atoms with E-state index in [1.807, 2.05) is 66.7 Å². The molecule has 98 valence electrons. The van der Waals surface area contributed by atoms with Crippen molar-refractivity contribution in [2.45, 2.75) is 0 Å². The molecular formula is C18H15NO. The molecule has 0 saturated heterocycles. The van der Waals surface area contributed by atoms with Gasteiger partial charge in [-0.15, -0.1) is 0 Å². The summed E-state index contributed by atoms with van der Waals surface area (Å²) in [5, 5.41) is 13.2. The Balaban J connectivity index is 1.95. The molecule has 3 rings (SSSR count). The molecule has 0 amide bonds. The second kappa shape index (κ2) is 5.49. The predicted molar refractivity (Wildman–Crippen MR) is 83.3 cm³/mol. The van der Waals surface area contributed by atoms with Gasteiger partial charge < -0.3 is 10.4 Å². The van der Waals surface area contributed by atoms with Gasteiger partial charge in [-0.05, 0) is 35.4 Å². The van der Waals surface area contributed by atoms with Crippen LogP contribution in [0.4, 0.5) is 11.4 Å². The molecular weight excluding hydrogens is 246 g/mol. The summed E-state index contributed by atoms with van der Waals surface area (Å²) in [5.74, 6) is 0.254. The number of benzene rings is 3. The summed E-state index contributed by atoms with van der Waals surface area (Å²) in [6.07, 6.45) is 0. The van der Waals surface area contributed by atoms with E-state index in [-0.39, 0.29) is 5.75 Å². The molecule has 0 atom stereocenters. The maximum atomic E-state index is 9.89. The summed E-state index contributed by atoms with van der Waals surface area (Å²) in [6, 6.07) is 25.5. The minimum absolute atomic E-state index is 0.254. The van der Waals surface area contributed by atoms with E-state index in [0.717, 1.165) is 22.5 Å². The van der Waals surface area contributed by atoms with Crippen LogP contribution in [0, 0.1) is 0 Å². The van der Waals surface area contributed by atoms with E-state index >= 15 is 0 Å². The van der Waals surface area contributed by atoms with Crippen LogP contribution < -0.4 is 5.32 Å².